The van der Waals surface area contributed by atoms with Crippen LogP contribution in [0.4, 0.5) is 0 Å². The van der Waals surface area contributed by atoms with Crippen molar-refractivity contribution in [2.45, 2.75) is 310 Å². The van der Waals surface area contributed by atoms with Gasteiger partial charge < -0.3 is 19.8 Å². The first-order chi connectivity index (χ1) is 29.3. The van der Waals surface area contributed by atoms with Gasteiger partial charge in [0.2, 0.25) is 0 Å². The maximum absolute atomic E-state index is 11.4. The molecule has 0 radical (unpaired) electrons. The van der Waals surface area contributed by atoms with Crippen molar-refractivity contribution in [2.24, 2.45) is 0 Å². The maximum atomic E-state index is 11.4. The van der Waals surface area contributed by atoms with E-state index in [0.29, 0.717) is 0 Å². The van der Waals surface area contributed by atoms with Crippen molar-refractivity contribution >= 4 is 49.7 Å². The Morgan fingerprint density at radius 1 is 0.295 bits per heavy atom. The minimum atomic E-state index is -0.922. The molecule has 2 unspecified atom stereocenters. The van der Waals surface area contributed by atoms with Crippen molar-refractivity contribution in [1.82, 2.24) is 9.80 Å². The predicted octanol–water partition coefficient (Wildman–Crippen LogP) is 14.2. The average Bonchev–Trinajstić information content (AvgIpc) is 3.24. The van der Waals surface area contributed by atoms with Gasteiger partial charge in [0.1, 0.15) is 0 Å². The molecule has 0 heterocycles. The molecule has 0 aromatic heterocycles. The molecular formula is C54H108CaN2O4. The third-order valence-corrected chi connectivity index (χ3v) is 13.0. The van der Waals surface area contributed by atoms with Crippen LogP contribution in [0.2, 0.25) is 0 Å². The van der Waals surface area contributed by atoms with Gasteiger partial charge in [-0.1, -0.05) is 259 Å². The molecule has 0 aliphatic carbocycles. The van der Waals surface area contributed by atoms with Crippen molar-refractivity contribution in [1.29, 1.82) is 0 Å². The van der Waals surface area contributed by atoms with E-state index in [1.165, 1.54) is 231 Å². The summed E-state index contributed by atoms with van der Waals surface area (Å²) in [5, 5.41) is 22.7. The Bertz CT molecular complexity index is 745. The van der Waals surface area contributed by atoms with Gasteiger partial charge in [0.25, 0.3) is 0 Å². The molecule has 0 rings (SSSR count). The van der Waals surface area contributed by atoms with Crippen molar-refractivity contribution in [3.8, 4) is 0 Å². The molecule has 0 aromatic rings. The van der Waals surface area contributed by atoms with Crippen LogP contribution in [-0.2, 0) is 9.59 Å². The minimum Gasteiger partial charge on any atom is -0.548 e. The molecule has 7 heteroatoms. The van der Waals surface area contributed by atoms with Crippen LogP contribution in [0, 0.1) is 0 Å². The summed E-state index contributed by atoms with van der Waals surface area (Å²) >= 11 is 0. The maximum Gasteiger partial charge on any atom is 2.00 e. The van der Waals surface area contributed by atoms with Crippen LogP contribution in [0.5, 0.6) is 0 Å². The summed E-state index contributed by atoms with van der Waals surface area (Å²) in [6, 6.07) is -0.913. The fourth-order valence-electron chi connectivity index (χ4n) is 8.51. The molecular weight excluding hydrogens is 781 g/mol. The third kappa shape index (κ3) is 49.4. The summed E-state index contributed by atoms with van der Waals surface area (Å²) in [7, 11) is 0. The number of carboxylic acid groups (broad SMARTS) is 2. The standard InChI is InChI=1S/2C27H55NO2.Ca/c2*1-4-6-8-10-12-14-16-18-20-22-24-28(26(3)27(29)30)25-23-21-19-17-15-13-11-9-7-5-2;/h2*26H,4-25H2,1-3H3,(H,29,30);/q;;+2/p-2. The molecule has 2 atom stereocenters. The van der Waals surface area contributed by atoms with Crippen LogP contribution in [0.25, 0.3) is 0 Å². The Morgan fingerprint density at radius 3 is 0.557 bits per heavy atom. The van der Waals surface area contributed by atoms with E-state index in [4.69, 9.17) is 0 Å². The molecule has 0 fully saturated rings. The molecule has 360 valence electrons. The van der Waals surface area contributed by atoms with E-state index in [-0.39, 0.29) is 37.7 Å². The zero-order valence-corrected chi connectivity index (χ0v) is 44.7. The second-order valence-corrected chi connectivity index (χ2v) is 18.8. The number of carbonyl (C=O) groups is 2. The van der Waals surface area contributed by atoms with Gasteiger partial charge in [-0.3, -0.25) is 9.80 Å². The number of carbonyl (C=O) groups excluding carboxylic acids is 2. The second kappa shape index (κ2) is 54.5. The summed E-state index contributed by atoms with van der Waals surface area (Å²) < 4.78 is 0. The van der Waals surface area contributed by atoms with Crippen molar-refractivity contribution in [3.05, 3.63) is 0 Å². The van der Waals surface area contributed by atoms with Crippen molar-refractivity contribution in [2.75, 3.05) is 26.2 Å². The first kappa shape index (κ1) is 65.4. The molecule has 6 nitrogen and oxygen atoms in total. The van der Waals surface area contributed by atoms with E-state index < -0.39 is 24.0 Å². The molecule has 0 N–H and O–H groups in total. The molecule has 0 saturated heterocycles. The monoisotopic (exact) mass is 889 g/mol. The van der Waals surface area contributed by atoms with Gasteiger partial charge in [-0.2, -0.15) is 0 Å². The van der Waals surface area contributed by atoms with E-state index in [1.54, 1.807) is 13.8 Å². The molecule has 0 bridgehead atoms. The van der Waals surface area contributed by atoms with E-state index in [9.17, 15) is 19.8 Å². The first-order valence-electron chi connectivity index (χ1n) is 27.2. The Balaban J connectivity index is -0.00000109. The average molecular weight is 890 g/mol. The number of unbranched alkanes of at least 4 members (excludes halogenated alkanes) is 36. The largest absolute Gasteiger partial charge is 2.00 e. The Kier molecular flexibility index (Phi) is 58.4. The first-order valence-corrected chi connectivity index (χ1v) is 27.2. The van der Waals surface area contributed by atoms with Gasteiger partial charge >= 0.3 is 37.7 Å². The molecule has 0 aromatic carbocycles. The smallest absolute Gasteiger partial charge is 0.548 e. The second-order valence-electron chi connectivity index (χ2n) is 18.8. The zero-order chi connectivity index (χ0) is 44.6. The number of nitrogens with zero attached hydrogens (tertiary/aromatic N) is 2. The van der Waals surface area contributed by atoms with Gasteiger partial charge in [-0.05, 0) is 65.7 Å². The van der Waals surface area contributed by atoms with Crippen LogP contribution < -0.4 is 10.2 Å². The quantitative estimate of drug-likeness (QED) is 0.0447. The minimum absolute atomic E-state index is 0. The van der Waals surface area contributed by atoms with E-state index in [2.05, 4.69) is 37.5 Å². The van der Waals surface area contributed by atoms with Crippen LogP contribution in [-0.4, -0.2) is 97.7 Å². The Labute approximate surface area is 413 Å². The van der Waals surface area contributed by atoms with Gasteiger partial charge in [0.05, 0.1) is 11.9 Å². The van der Waals surface area contributed by atoms with Crippen LogP contribution in [0.15, 0.2) is 0 Å². The van der Waals surface area contributed by atoms with Crippen LogP contribution in [0.1, 0.15) is 298 Å². The number of hydrogen-bond acceptors (Lipinski definition) is 6. The topological polar surface area (TPSA) is 86.7 Å². The summed E-state index contributed by atoms with van der Waals surface area (Å²) in [6.45, 7) is 16.3. The zero-order valence-electron chi connectivity index (χ0n) is 42.5. The SMILES string of the molecule is CCCCCCCCCCCCN(CCCCCCCCCCCC)C(C)C(=O)[O-].CCCCCCCCCCCCN(CCCCCCCCCCCC)C(C)C(=O)[O-].[Ca+2]. The summed E-state index contributed by atoms with van der Waals surface area (Å²) in [4.78, 5) is 27.0. The summed E-state index contributed by atoms with van der Waals surface area (Å²) in [5.74, 6) is -1.84. The number of aliphatic carboxylic acids is 2. The normalized spacial score (nSPS) is 12.3. The van der Waals surface area contributed by atoms with Gasteiger partial charge in [0.15, 0.2) is 0 Å². The molecule has 0 aliphatic heterocycles. The van der Waals surface area contributed by atoms with E-state index in [1.807, 2.05) is 0 Å². The molecule has 0 saturated carbocycles. The van der Waals surface area contributed by atoms with E-state index >= 15 is 0 Å². The molecule has 0 amide bonds. The van der Waals surface area contributed by atoms with Gasteiger partial charge in [-0.15, -0.1) is 0 Å². The van der Waals surface area contributed by atoms with Crippen LogP contribution in [0.3, 0.4) is 0 Å². The number of carboxylic acids is 2. The fraction of sp³-hybridized carbons (Fsp3) is 0.963. The number of hydrogen-bond donors (Lipinski definition) is 0. The molecule has 61 heavy (non-hydrogen) atoms. The van der Waals surface area contributed by atoms with Crippen molar-refractivity contribution < 1.29 is 19.8 Å². The third-order valence-electron chi connectivity index (χ3n) is 13.0. The van der Waals surface area contributed by atoms with Gasteiger partial charge in [-0.25, -0.2) is 0 Å². The number of rotatable bonds is 48. The Morgan fingerprint density at radius 2 is 0.426 bits per heavy atom. The summed E-state index contributed by atoms with van der Waals surface area (Å²) in [6.07, 6.45) is 52.8. The van der Waals surface area contributed by atoms with Crippen LogP contribution >= 0.6 is 0 Å². The molecule has 0 aliphatic rings. The van der Waals surface area contributed by atoms with Gasteiger partial charge in [0, 0.05) is 12.1 Å². The predicted molar refractivity (Wildman–Crippen MR) is 265 cm³/mol. The Hall–Kier alpha value is 0.120. The van der Waals surface area contributed by atoms with Crippen molar-refractivity contribution in [3.63, 3.8) is 0 Å². The molecule has 0 spiro atoms. The fourth-order valence-corrected chi connectivity index (χ4v) is 8.51. The van der Waals surface area contributed by atoms with E-state index in [0.717, 1.165) is 51.9 Å². The summed E-state index contributed by atoms with van der Waals surface area (Å²) in [5.41, 5.74) is 0.